The van der Waals surface area contributed by atoms with Crippen molar-refractivity contribution in [2.24, 2.45) is 0 Å². The van der Waals surface area contributed by atoms with Gasteiger partial charge in [-0.3, -0.25) is 4.79 Å². The van der Waals surface area contributed by atoms with Gasteiger partial charge in [-0.15, -0.1) is 0 Å². The molecule has 0 fully saturated rings. The number of aryl methyl sites for hydroxylation is 1. The largest absolute Gasteiger partial charge is 0.366 e. The van der Waals surface area contributed by atoms with Gasteiger partial charge in [0, 0.05) is 24.2 Å². The molecule has 3 aromatic rings. The van der Waals surface area contributed by atoms with Crippen LogP contribution in [0.25, 0.3) is 0 Å². The van der Waals surface area contributed by atoms with Crippen LogP contribution in [0.5, 0.6) is 0 Å². The minimum atomic E-state index is -0.291. The number of carbonyl (C=O) groups is 1. The molecule has 0 aliphatic carbocycles. The van der Waals surface area contributed by atoms with Crippen LogP contribution >= 0.6 is 11.6 Å². The molecule has 0 bridgehead atoms. The molecule has 0 unspecified atom stereocenters. The van der Waals surface area contributed by atoms with Crippen LogP contribution in [-0.2, 0) is 13.1 Å². The molecule has 138 valence electrons. The predicted octanol–water partition coefficient (Wildman–Crippen LogP) is 4.12. The second-order valence-corrected chi connectivity index (χ2v) is 6.41. The smallest absolute Gasteiger partial charge is 0.270 e. The first-order valence-corrected chi connectivity index (χ1v) is 8.74. The van der Waals surface area contributed by atoms with E-state index < -0.39 is 0 Å². The number of nitrogens with zero attached hydrogens (tertiary/aromatic N) is 2. The normalized spacial score (nSPS) is 10.5. The Balaban J connectivity index is 1.63. The van der Waals surface area contributed by atoms with Crippen molar-refractivity contribution >= 4 is 23.3 Å². The highest BCUT2D eigenvalue weighted by atomic mass is 35.5. The molecule has 1 aromatic heterocycles. The van der Waals surface area contributed by atoms with Gasteiger partial charge in [0.1, 0.15) is 23.2 Å². The number of anilines is 1. The Kier molecular flexibility index (Phi) is 5.98. The summed E-state index contributed by atoms with van der Waals surface area (Å²) in [6, 6.07) is 15.0. The maximum absolute atomic E-state index is 13.0. The third-order valence-corrected chi connectivity index (χ3v) is 4.08. The van der Waals surface area contributed by atoms with Crippen LogP contribution in [0.3, 0.4) is 0 Å². The molecule has 27 heavy (non-hydrogen) atoms. The van der Waals surface area contributed by atoms with Crippen LogP contribution in [0.15, 0.2) is 54.6 Å². The summed E-state index contributed by atoms with van der Waals surface area (Å²) in [5.41, 5.74) is 2.12. The van der Waals surface area contributed by atoms with Crippen LogP contribution in [0.1, 0.15) is 27.4 Å². The van der Waals surface area contributed by atoms with Gasteiger partial charge in [0.15, 0.2) is 0 Å². The summed E-state index contributed by atoms with van der Waals surface area (Å²) in [5, 5.41) is 6.60. The highest BCUT2D eigenvalue weighted by Crippen LogP contribution is 2.11. The number of hydrogen-bond acceptors (Lipinski definition) is 4. The molecule has 0 spiro atoms. The number of hydrogen-bond donors (Lipinski definition) is 2. The Labute approximate surface area is 161 Å². The van der Waals surface area contributed by atoms with Crippen LogP contribution in [0.2, 0.25) is 5.02 Å². The van der Waals surface area contributed by atoms with Crippen LogP contribution in [0, 0.1) is 12.7 Å². The monoisotopic (exact) mass is 384 g/mol. The van der Waals surface area contributed by atoms with Crippen LogP contribution in [0.4, 0.5) is 10.2 Å². The van der Waals surface area contributed by atoms with E-state index in [2.05, 4.69) is 20.6 Å². The maximum atomic E-state index is 13.0. The SMILES string of the molecule is Cc1nc(NCc2ccc(F)cc2)cc(C(=O)NCc2ccc(Cl)cc2)n1. The van der Waals surface area contributed by atoms with E-state index in [4.69, 9.17) is 11.6 Å². The van der Waals surface area contributed by atoms with Gasteiger partial charge in [0.05, 0.1) is 0 Å². The fourth-order valence-corrected chi connectivity index (χ4v) is 2.57. The molecule has 1 heterocycles. The molecule has 0 aliphatic heterocycles. The third kappa shape index (κ3) is 5.49. The summed E-state index contributed by atoms with van der Waals surface area (Å²) in [7, 11) is 0. The Morgan fingerprint density at radius 1 is 1.00 bits per heavy atom. The van der Waals surface area contributed by atoms with Gasteiger partial charge in [-0.05, 0) is 42.3 Å². The second-order valence-electron chi connectivity index (χ2n) is 5.97. The van der Waals surface area contributed by atoms with Crippen molar-refractivity contribution in [3.8, 4) is 0 Å². The van der Waals surface area contributed by atoms with Crippen molar-refractivity contribution in [2.45, 2.75) is 20.0 Å². The van der Waals surface area contributed by atoms with Crippen LogP contribution in [-0.4, -0.2) is 15.9 Å². The molecule has 0 saturated carbocycles. The first-order chi connectivity index (χ1) is 13.0. The van der Waals surface area contributed by atoms with E-state index in [0.717, 1.165) is 11.1 Å². The van der Waals surface area contributed by atoms with Gasteiger partial charge in [-0.1, -0.05) is 35.9 Å². The molecule has 7 heteroatoms. The minimum absolute atomic E-state index is 0.276. The van der Waals surface area contributed by atoms with E-state index in [1.165, 1.54) is 12.1 Å². The van der Waals surface area contributed by atoms with E-state index in [9.17, 15) is 9.18 Å². The first-order valence-electron chi connectivity index (χ1n) is 8.36. The van der Waals surface area contributed by atoms with Crippen molar-refractivity contribution < 1.29 is 9.18 Å². The number of rotatable bonds is 6. The van der Waals surface area contributed by atoms with Crippen molar-refractivity contribution in [2.75, 3.05) is 5.32 Å². The molecule has 2 N–H and O–H groups in total. The summed E-state index contributed by atoms with van der Waals surface area (Å²) < 4.78 is 13.0. The number of benzene rings is 2. The van der Waals surface area contributed by atoms with Gasteiger partial charge in [0.2, 0.25) is 0 Å². The lowest BCUT2D eigenvalue weighted by atomic mass is 10.2. The number of nitrogens with one attached hydrogen (secondary N) is 2. The summed E-state index contributed by atoms with van der Waals surface area (Å²) in [6.45, 7) is 2.55. The molecule has 0 aliphatic rings. The highest BCUT2D eigenvalue weighted by molar-refractivity contribution is 6.30. The zero-order valence-electron chi connectivity index (χ0n) is 14.7. The molecule has 0 atom stereocenters. The van der Waals surface area contributed by atoms with Crippen molar-refractivity contribution in [3.05, 3.63) is 88.1 Å². The quantitative estimate of drug-likeness (QED) is 0.671. The van der Waals surface area contributed by atoms with Crippen LogP contribution < -0.4 is 10.6 Å². The molecule has 0 radical (unpaired) electrons. The standard InChI is InChI=1S/C20H18ClFN4O/c1-13-25-18(20(27)24-12-14-2-6-16(21)7-3-14)10-19(26-13)23-11-15-4-8-17(22)9-5-15/h2-10H,11-12H2,1H3,(H,24,27)(H,23,25,26). The summed E-state index contributed by atoms with van der Waals surface area (Å²) in [6.07, 6.45) is 0. The predicted molar refractivity (Wildman–Crippen MR) is 103 cm³/mol. The second kappa shape index (κ2) is 8.60. The molecule has 2 aromatic carbocycles. The van der Waals surface area contributed by atoms with Crippen molar-refractivity contribution in [1.82, 2.24) is 15.3 Å². The number of amides is 1. The van der Waals surface area contributed by atoms with E-state index in [1.807, 2.05) is 12.1 Å². The van der Waals surface area contributed by atoms with Crippen molar-refractivity contribution in [1.29, 1.82) is 0 Å². The number of carbonyl (C=O) groups excluding carboxylic acids is 1. The fourth-order valence-electron chi connectivity index (χ4n) is 2.44. The minimum Gasteiger partial charge on any atom is -0.366 e. The topological polar surface area (TPSA) is 66.9 Å². The zero-order chi connectivity index (χ0) is 19.2. The molecule has 1 amide bonds. The third-order valence-electron chi connectivity index (χ3n) is 3.82. The van der Waals surface area contributed by atoms with E-state index in [-0.39, 0.29) is 17.4 Å². The lowest BCUT2D eigenvalue weighted by Crippen LogP contribution is -2.24. The Morgan fingerprint density at radius 2 is 1.63 bits per heavy atom. The van der Waals surface area contributed by atoms with E-state index in [1.54, 1.807) is 37.3 Å². The molecular weight excluding hydrogens is 367 g/mol. The lowest BCUT2D eigenvalue weighted by Gasteiger charge is -2.09. The zero-order valence-corrected chi connectivity index (χ0v) is 15.4. The summed E-state index contributed by atoms with van der Waals surface area (Å²) >= 11 is 5.86. The fraction of sp³-hybridized carbons (Fsp3) is 0.150. The molecule has 5 nitrogen and oxygen atoms in total. The summed E-state index contributed by atoms with van der Waals surface area (Å²) in [5.74, 6) is 0.441. The average molecular weight is 385 g/mol. The first kappa shape index (κ1) is 18.8. The molecular formula is C20H18ClFN4O. The van der Waals surface area contributed by atoms with Gasteiger partial charge in [0.25, 0.3) is 5.91 Å². The maximum Gasteiger partial charge on any atom is 0.270 e. The summed E-state index contributed by atoms with van der Waals surface area (Å²) in [4.78, 5) is 20.9. The highest BCUT2D eigenvalue weighted by Gasteiger charge is 2.10. The average Bonchev–Trinajstić information content (AvgIpc) is 2.66. The van der Waals surface area contributed by atoms with Gasteiger partial charge < -0.3 is 10.6 Å². The van der Waals surface area contributed by atoms with Gasteiger partial charge in [-0.2, -0.15) is 0 Å². The van der Waals surface area contributed by atoms with Crippen molar-refractivity contribution in [3.63, 3.8) is 0 Å². The molecule has 0 saturated heterocycles. The lowest BCUT2D eigenvalue weighted by molar-refractivity contribution is 0.0945. The van der Waals surface area contributed by atoms with E-state index >= 15 is 0 Å². The van der Waals surface area contributed by atoms with Gasteiger partial charge in [-0.25, -0.2) is 14.4 Å². The number of aromatic nitrogens is 2. The number of halogens is 2. The van der Waals surface area contributed by atoms with E-state index in [0.29, 0.717) is 29.8 Å². The Hall–Kier alpha value is -2.99. The van der Waals surface area contributed by atoms with Gasteiger partial charge >= 0.3 is 0 Å². The Morgan fingerprint density at radius 3 is 2.33 bits per heavy atom. The Bertz CT molecular complexity index is 930. The molecule has 3 rings (SSSR count).